The third-order valence-corrected chi connectivity index (χ3v) is 0.189. The molecule has 0 atom stereocenters. The van der Waals surface area contributed by atoms with Crippen molar-refractivity contribution in [2.75, 3.05) is 13.9 Å². The van der Waals surface area contributed by atoms with Crippen molar-refractivity contribution in [3.63, 3.8) is 0 Å². The van der Waals surface area contributed by atoms with Crippen molar-refractivity contribution < 1.29 is 8.78 Å². The molecule has 40 valence electrons. The average Bonchev–Trinajstić information content (AvgIpc) is 1.72. The van der Waals surface area contributed by atoms with Crippen LogP contribution in [0.15, 0.2) is 0 Å². The Kier molecular flexibility index (Phi) is 32.4. The van der Waals surface area contributed by atoms with Crippen molar-refractivity contribution >= 4 is 0 Å². The van der Waals surface area contributed by atoms with E-state index in [0.29, 0.717) is 13.6 Å². The largest absolute Gasteiger partial charge is 0.255 e. The van der Waals surface area contributed by atoms with E-state index >= 15 is 0 Å². The maximum absolute atomic E-state index is 10.7. The van der Waals surface area contributed by atoms with Crippen molar-refractivity contribution in [1.29, 1.82) is 0 Å². The zero-order valence-corrected chi connectivity index (χ0v) is 4.17. The van der Waals surface area contributed by atoms with Gasteiger partial charge in [-0.3, -0.25) is 8.78 Å². The topological polar surface area (TPSA) is 0 Å². The second-order valence-electron chi connectivity index (χ2n) is 0.689. The molecule has 0 saturated heterocycles. The molecule has 0 spiro atoms. The number of hydrogen-bond acceptors (Lipinski definition) is 0. The fourth-order valence-corrected chi connectivity index (χ4v) is 0. The third-order valence-electron chi connectivity index (χ3n) is 0.189. The molecule has 0 saturated carbocycles. The van der Waals surface area contributed by atoms with Gasteiger partial charge in [-0.15, -0.1) is 0 Å². The lowest BCUT2D eigenvalue weighted by atomic mass is 10.6. The van der Waals surface area contributed by atoms with Crippen LogP contribution in [0.2, 0.25) is 0 Å². The first-order chi connectivity index (χ1) is 2.91. The monoisotopic (exact) mass is 96.1 g/mol. The highest BCUT2D eigenvalue weighted by Gasteiger charge is 1.60. The lowest BCUT2D eigenvalue weighted by Gasteiger charge is -1.64. The van der Waals surface area contributed by atoms with E-state index in [1.54, 1.807) is 6.92 Å². The quantitative estimate of drug-likeness (QED) is 0.468. The molecule has 0 aliphatic heterocycles. The first-order valence-electron chi connectivity index (χ1n) is 1.85. The van der Waals surface area contributed by atoms with E-state index < -0.39 is 0 Å². The Balaban J connectivity index is 0. The molecule has 0 radical (unpaired) electrons. The maximum Gasteiger partial charge on any atom is 0.0891 e. The Morgan fingerprint density at radius 1 is 1.33 bits per heavy atom. The van der Waals surface area contributed by atoms with Crippen LogP contribution >= 0.6 is 0 Å². The zero-order chi connectivity index (χ0) is 5.41. The summed E-state index contributed by atoms with van der Waals surface area (Å²) >= 11 is 0. The summed E-state index contributed by atoms with van der Waals surface area (Å²) in [6.45, 7) is 1.62. The summed E-state index contributed by atoms with van der Waals surface area (Å²) in [5, 5.41) is 0. The minimum Gasteiger partial charge on any atom is -0.255 e. The van der Waals surface area contributed by atoms with Crippen LogP contribution < -0.4 is 0 Å². The molecule has 0 rings (SSSR count). The van der Waals surface area contributed by atoms with Gasteiger partial charge in [0.25, 0.3) is 0 Å². The summed E-state index contributed by atoms with van der Waals surface area (Å²) in [5.74, 6) is 0. The number of halogens is 2. The molecule has 0 aliphatic carbocycles. The van der Waals surface area contributed by atoms with Crippen LogP contribution in [0.25, 0.3) is 0 Å². The van der Waals surface area contributed by atoms with Crippen LogP contribution in [0, 0.1) is 0 Å². The molecule has 0 N–H and O–H groups in total. The Hall–Kier alpha value is -0.140. The number of alkyl halides is 2. The van der Waals surface area contributed by atoms with E-state index in [1.807, 2.05) is 0 Å². The second kappa shape index (κ2) is 20.9. The first kappa shape index (κ1) is 9.29. The maximum atomic E-state index is 10.7. The molecule has 2 heteroatoms. The summed E-state index contributed by atoms with van der Waals surface area (Å²) in [7, 11) is 0.500. The van der Waals surface area contributed by atoms with Gasteiger partial charge in [-0.05, 0) is 6.42 Å². The van der Waals surface area contributed by atoms with Gasteiger partial charge in [-0.2, -0.15) is 0 Å². The van der Waals surface area contributed by atoms with E-state index in [9.17, 15) is 8.78 Å². The second-order valence-corrected chi connectivity index (χ2v) is 0.689. The predicted molar refractivity (Wildman–Crippen MR) is 23.3 cm³/mol. The van der Waals surface area contributed by atoms with Crippen molar-refractivity contribution in [3.05, 3.63) is 0 Å². The van der Waals surface area contributed by atoms with Gasteiger partial charge < -0.3 is 0 Å². The molecule has 0 heterocycles. The molecule has 0 aromatic rings. The van der Waals surface area contributed by atoms with Gasteiger partial charge in [-0.25, -0.2) is 0 Å². The Morgan fingerprint density at radius 2 is 1.50 bits per heavy atom. The van der Waals surface area contributed by atoms with Crippen LogP contribution in [-0.2, 0) is 0 Å². The molecule has 0 aliphatic rings. The van der Waals surface area contributed by atoms with E-state index in [1.165, 1.54) is 0 Å². The van der Waals surface area contributed by atoms with Gasteiger partial charge in [0.2, 0.25) is 0 Å². The van der Waals surface area contributed by atoms with Crippen molar-refractivity contribution in [2.24, 2.45) is 0 Å². The summed E-state index contributed by atoms with van der Waals surface area (Å²) < 4.78 is 20.2. The van der Waals surface area contributed by atoms with Crippen molar-refractivity contribution in [2.45, 2.75) is 13.3 Å². The van der Waals surface area contributed by atoms with Crippen LogP contribution in [0.1, 0.15) is 13.3 Å². The highest BCUT2D eigenvalue weighted by Crippen LogP contribution is 1.69. The first-order valence-corrected chi connectivity index (χ1v) is 1.85. The van der Waals surface area contributed by atoms with Crippen LogP contribution in [0.5, 0.6) is 0 Å². The molecule has 0 unspecified atom stereocenters. The Bertz CT molecular complexity index is 7.51. The highest BCUT2D eigenvalue weighted by atomic mass is 19.1. The van der Waals surface area contributed by atoms with E-state index in [2.05, 4.69) is 0 Å². The van der Waals surface area contributed by atoms with Crippen LogP contribution in [0.4, 0.5) is 8.78 Å². The highest BCUT2D eigenvalue weighted by molar-refractivity contribution is 4.11. The molecule has 6 heavy (non-hydrogen) atoms. The van der Waals surface area contributed by atoms with Crippen molar-refractivity contribution in [1.82, 2.24) is 0 Å². The fourth-order valence-electron chi connectivity index (χ4n) is 0. The lowest BCUT2D eigenvalue weighted by Crippen LogP contribution is -1.58. The standard InChI is InChI=1S/C3H7F.CH3F/c1-2-3-4;1-2/h2-3H2,1H3;1H3. The van der Waals surface area contributed by atoms with Crippen LogP contribution in [0.3, 0.4) is 0 Å². The molecule has 0 aromatic carbocycles. The van der Waals surface area contributed by atoms with Gasteiger partial charge >= 0.3 is 0 Å². The van der Waals surface area contributed by atoms with Gasteiger partial charge in [0, 0.05) is 0 Å². The zero-order valence-electron chi connectivity index (χ0n) is 4.17. The summed E-state index contributed by atoms with van der Waals surface area (Å²) in [4.78, 5) is 0. The Labute approximate surface area is 37.2 Å². The molecule has 0 bridgehead atoms. The lowest BCUT2D eigenvalue weighted by molar-refractivity contribution is 0.487. The van der Waals surface area contributed by atoms with Crippen molar-refractivity contribution in [3.8, 4) is 0 Å². The average molecular weight is 96.1 g/mol. The summed E-state index contributed by atoms with van der Waals surface area (Å²) in [6, 6.07) is 0. The number of hydrogen-bond donors (Lipinski definition) is 0. The predicted octanol–water partition coefficient (Wildman–Crippen LogP) is 1.95. The van der Waals surface area contributed by atoms with Crippen LogP contribution in [-0.4, -0.2) is 13.9 Å². The molecular formula is C4H10F2. The third kappa shape index (κ3) is 42.7. The van der Waals surface area contributed by atoms with Gasteiger partial charge in [0.1, 0.15) is 0 Å². The minimum atomic E-state index is -0.181. The van der Waals surface area contributed by atoms with E-state index in [-0.39, 0.29) is 6.67 Å². The van der Waals surface area contributed by atoms with Gasteiger partial charge in [-0.1, -0.05) is 6.92 Å². The molecule has 0 aromatic heterocycles. The fraction of sp³-hybridized carbons (Fsp3) is 1.00. The van der Waals surface area contributed by atoms with Gasteiger partial charge in [0.05, 0.1) is 13.9 Å². The normalized spacial score (nSPS) is 6.00. The number of rotatable bonds is 1. The smallest absolute Gasteiger partial charge is 0.0891 e. The Morgan fingerprint density at radius 3 is 1.50 bits per heavy atom. The van der Waals surface area contributed by atoms with Gasteiger partial charge in [0.15, 0.2) is 0 Å². The molecular weight excluding hydrogens is 86.0 g/mol. The SMILES string of the molecule is CCCF.CF. The molecule has 0 amide bonds. The minimum absolute atomic E-state index is 0.181. The van der Waals surface area contributed by atoms with E-state index in [0.717, 1.165) is 0 Å². The summed E-state index contributed by atoms with van der Waals surface area (Å²) in [5.41, 5.74) is 0. The molecule has 0 fully saturated rings. The molecule has 0 nitrogen and oxygen atoms in total. The summed E-state index contributed by atoms with van der Waals surface area (Å²) in [6.07, 6.45) is 0.653. The van der Waals surface area contributed by atoms with E-state index in [4.69, 9.17) is 0 Å².